The minimum Gasteiger partial charge on any atom is -0.506 e. The molecular formula is C17H14INO4. The first-order chi connectivity index (χ1) is 10.9. The van der Waals surface area contributed by atoms with Crippen molar-refractivity contribution in [1.82, 2.24) is 4.57 Å². The van der Waals surface area contributed by atoms with E-state index in [1.807, 2.05) is 44.2 Å². The molecule has 0 amide bonds. The molecule has 6 heteroatoms. The molecule has 0 aliphatic rings. The van der Waals surface area contributed by atoms with Crippen LogP contribution in [0.3, 0.4) is 0 Å². The Kier molecular flexibility index (Phi) is 4.01. The first kappa shape index (κ1) is 15.8. The molecule has 0 saturated heterocycles. The van der Waals surface area contributed by atoms with Crippen molar-refractivity contribution in [2.24, 2.45) is 0 Å². The second kappa shape index (κ2) is 5.84. The van der Waals surface area contributed by atoms with Crippen LogP contribution < -0.4 is 11.2 Å². The fourth-order valence-electron chi connectivity index (χ4n) is 2.52. The number of hydrogen-bond acceptors (Lipinski definition) is 4. The summed E-state index contributed by atoms with van der Waals surface area (Å²) in [4.78, 5) is 24.7. The third kappa shape index (κ3) is 2.56. The van der Waals surface area contributed by atoms with Gasteiger partial charge in [-0.1, -0.05) is 32.0 Å². The van der Waals surface area contributed by atoms with Crippen LogP contribution >= 0.6 is 22.6 Å². The Hall–Kier alpha value is -2.09. The molecule has 1 aromatic carbocycles. The maximum absolute atomic E-state index is 13.0. The highest BCUT2D eigenvalue weighted by Crippen LogP contribution is 2.28. The van der Waals surface area contributed by atoms with Crippen molar-refractivity contribution in [1.29, 1.82) is 0 Å². The standard InChI is InChI=1S/C17H14INO4/c1-9(2)11-8-12-13(15(20)14(18)17(22)23-12)16(21)19(11)10-6-4-3-5-7-10/h3-9,20H,1-2H3. The average molecular weight is 423 g/mol. The number of para-hydroxylation sites is 1. The number of fused-ring (bicyclic) bond motifs is 1. The summed E-state index contributed by atoms with van der Waals surface area (Å²) in [6.07, 6.45) is 0. The Morgan fingerprint density at radius 1 is 1.17 bits per heavy atom. The molecule has 3 aromatic rings. The molecule has 2 aromatic heterocycles. The van der Waals surface area contributed by atoms with Crippen molar-refractivity contribution in [3.05, 3.63) is 66.4 Å². The van der Waals surface area contributed by atoms with E-state index in [0.29, 0.717) is 11.4 Å². The first-order valence-electron chi connectivity index (χ1n) is 7.08. The summed E-state index contributed by atoms with van der Waals surface area (Å²) in [7, 11) is 0. The molecule has 0 atom stereocenters. The zero-order valence-corrected chi connectivity index (χ0v) is 14.7. The molecule has 1 N–H and O–H groups in total. The van der Waals surface area contributed by atoms with E-state index in [-0.39, 0.29) is 26.2 Å². The Labute approximate surface area is 145 Å². The maximum Gasteiger partial charge on any atom is 0.353 e. The topological polar surface area (TPSA) is 72.4 Å². The minimum atomic E-state index is -0.651. The SMILES string of the molecule is CC(C)c1cc2oc(=O)c(I)c(O)c2c(=O)n1-c1ccccc1. The van der Waals surface area contributed by atoms with E-state index in [0.717, 1.165) is 0 Å². The molecule has 0 spiro atoms. The zero-order valence-electron chi connectivity index (χ0n) is 12.5. The normalized spacial score (nSPS) is 11.3. The van der Waals surface area contributed by atoms with Gasteiger partial charge < -0.3 is 9.52 Å². The molecule has 118 valence electrons. The average Bonchev–Trinajstić information content (AvgIpc) is 2.52. The lowest BCUT2D eigenvalue weighted by Crippen LogP contribution is -2.24. The van der Waals surface area contributed by atoms with Crippen LogP contribution in [-0.2, 0) is 0 Å². The summed E-state index contributed by atoms with van der Waals surface area (Å²) in [5.41, 5.74) is 0.452. The molecular weight excluding hydrogens is 409 g/mol. The van der Waals surface area contributed by atoms with Crippen LogP contribution in [-0.4, -0.2) is 9.67 Å². The largest absolute Gasteiger partial charge is 0.506 e. The van der Waals surface area contributed by atoms with Crippen molar-refractivity contribution in [3.8, 4) is 11.4 Å². The minimum absolute atomic E-state index is 0.00380. The molecule has 2 heterocycles. The van der Waals surface area contributed by atoms with Crippen LogP contribution in [0.1, 0.15) is 25.5 Å². The summed E-state index contributed by atoms with van der Waals surface area (Å²) in [6, 6.07) is 10.8. The Morgan fingerprint density at radius 2 is 1.83 bits per heavy atom. The Balaban J connectivity index is 2.53. The van der Waals surface area contributed by atoms with Crippen molar-refractivity contribution < 1.29 is 9.52 Å². The summed E-state index contributed by atoms with van der Waals surface area (Å²) >= 11 is 1.68. The Bertz CT molecular complexity index is 1000. The summed E-state index contributed by atoms with van der Waals surface area (Å²) in [6.45, 7) is 3.90. The summed E-state index contributed by atoms with van der Waals surface area (Å²) in [5.74, 6) is -0.305. The maximum atomic E-state index is 13.0. The number of aromatic nitrogens is 1. The lowest BCUT2D eigenvalue weighted by molar-refractivity contribution is 0.460. The molecule has 3 rings (SSSR count). The fraction of sp³-hybridized carbons (Fsp3) is 0.176. The lowest BCUT2D eigenvalue weighted by atomic mass is 10.1. The van der Waals surface area contributed by atoms with E-state index in [9.17, 15) is 14.7 Å². The summed E-state index contributed by atoms with van der Waals surface area (Å²) < 4.78 is 6.75. The number of aromatic hydroxyl groups is 1. The van der Waals surface area contributed by atoms with Gasteiger partial charge in [0.1, 0.15) is 14.5 Å². The highest BCUT2D eigenvalue weighted by atomic mass is 127. The third-order valence-corrected chi connectivity index (χ3v) is 4.58. The van der Waals surface area contributed by atoms with Crippen molar-refractivity contribution in [2.75, 3.05) is 0 Å². The zero-order chi connectivity index (χ0) is 16.7. The molecule has 0 radical (unpaired) electrons. The van der Waals surface area contributed by atoms with E-state index < -0.39 is 11.2 Å². The number of nitrogens with zero attached hydrogens (tertiary/aromatic N) is 1. The molecule has 0 bridgehead atoms. The molecule has 0 aliphatic carbocycles. The lowest BCUT2D eigenvalue weighted by Gasteiger charge is -2.17. The van der Waals surface area contributed by atoms with Gasteiger partial charge in [0.2, 0.25) is 0 Å². The van der Waals surface area contributed by atoms with Gasteiger partial charge in [-0.15, -0.1) is 0 Å². The van der Waals surface area contributed by atoms with Crippen LogP contribution in [0.25, 0.3) is 16.7 Å². The highest BCUT2D eigenvalue weighted by Gasteiger charge is 2.20. The van der Waals surface area contributed by atoms with E-state index >= 15 is 0 Å². The van der Waals surface area contributed by atoms with Crippen LogP contribution in [0, 0.1) is 3.57 Å². The van der Waals surface area contributed by atoms with Crippen molar-refractivity contribution in [2.45, 2.75) is 19.8 Å². The molecule has 0 saturated carbocycles. The van der Waals surface area contributed by atoms with Gasteiger partial charge in [0.05, 0.1) is 0 Å². The second-order valence-electron chi connectivity index (χ2n) is 5.49. The smallest absolute Gasteiger partial charge is 0.353 e. The molecule has 5 nitrogen and oxygen atoms in total. The van der Waals surface area contributed by atoms with Crippen LogP contribution in [0.5, 0.6) is 5.75 Å². The number of rotatable bonds is 2. The number of pyridine rings is 1. The number of halogens is 1. The third-order valence-electron chi connectivity index (χ3n) is 3.63. The Morgan fingerprint density at radius 3 is 2.43 bits per heavy atom. The monoisotopic (exact) mass is 423 g/mol. The predicted octanol–water partition coefficient (Wildman–Crippen LogP) is 3.38. The summed E-state index contributed by atoms with van der Waals surface area (Å²) in [5, 5.41) is 10.3. The van der Waals surface area contributed by atoms with Crippen LogP contribution in [0.4, 0.5) is 0 Å². The van der Waals surface area contributed by atoms with Gasteiger partial charge in [-0.3, -0.25) is 9.36 Å². The van der Waals surface area contributed by atoms with E-state index in [2.05, 4.69) is 0 Å². The van der Waals surface area contributed by atoms with Gasteiger partial charge >= 0.3 is 5.63 Å². The quantitative estimate of drug-likeness (QED) is 0.642. The van der Waals surface area contributed by atoms with Gasteiger partial charge in [0, 0.05) is 17.4 Å². The van der Waals surface area contributed by atoms with Crippen LogP contribution in [0.2, 0.25) is 0 Å². The van der Waals surface area contributed by atoms with Gasteiger partial charge in [-0.05, 0) is 40.6 Å². The molecule has 0 unspecified atom stereocenters. The number of benzene rings is 1. The molecule has 23 heavy (non-hydrogen) atoms. The fourth-order valence-corrected chi connectivity index (χ4v) is 2.90. The van der Waals surface area contributed by atoms with Crippen LogP contribution in [0.15, 0.2) is 50.4 Å². The van der Waals surface area contributed by atoms with E-state index in [1.54, 1.807) is 33.2 Å². The number of hydrogen-bond donors (Lipinski definition) is 1. The van der Waals surface area contributed by atoms with E-state index in [4.69, 9.17) is 4.42 Å². The highest BCUT2D eigenvalue weighted by molar-refractivity contribution is 14.1. The van der Waals surface area contributed by atoms with E-state index in [1.165, 1.54) is 0 Å². The van der Waals surface area contributed by atoms with Gasteiger partial charge in [0.15, 0.2) is 5.75 Å². The van der Waals surface area contributed by atoms with Gasteiger partial charge in [0.25, 0.3) is 5.56 Å². The first-order valence-corrected chi connectivity index (χ1v) is 8.16. The molecule has 0 aliphatic heterocycles. The predicted molar refractivity (Wildman–Crippen MR) is 96.6 cm³/mol. The van der Waals surface area contributed by atoms with Gasteiger partial charge in [-0.25, -0.2) is 4.79 Å². The van der Waals surface area contributed by atoms with Crippen molar-refractivity contribution in [3.63, 3.8) is 0 Å². The molecule has 0 fully saturated rings. The second-order valence-corrected chi connectivity index (χ2v) is 6.57. The van der Waals surface area contributed by atoms with Crippen molar-refractivity contribution >= 4 is 33.6 Å². The van der Waals surface area contributed by atoms with Gasteiger partial charge in [-0.2, -0.15) is 0 Å².